The van der Waals surface area contributed by atoms with Crippen LogP contribution in [0.15, 0.2) is 59.4 Å². The van der Waals surface area contributed by atoms with Crippen molar-refractivity contribution in [2.75, 3.05) is 0 Å². The maximum absolute atomic E-state index is 12.5. The van der Waals surface area contributed by atoms with Gasteiger partial charge in [0.15, 0.2) is 5.65 Å². The van der Waals surface area contributed by atoms with Crippen molar-refractivity contribution < 1.29 is 0 Å². The first-order valence-corrected chi connectivity index (χ1v) is 7.82. The monoisotopic (exact) mass is 336 g/mol. The van der Waals surface area contributed by atoms with Crippen LogP contribution in [0.25, 0.3) is 28.1 Å². The molecule has 0 aliphatic heterocycles. The Kier molecular flexibility index (Phi) is 3.43. The zero-order chi connectivity index (χ0) is 16.7. The normalized spacial score (nSPS) is 11.1. The van der Waals surface area contributed by atoms with E-state index < -0.39 is 0 Å². The molecule has 24 heavy (non-hydrogen) atoms. The largest absolute Gasteiger partial charge is 0.306 e. The van der Waals surface area contributed by atoms with E-state index in [0.29, 0.717) is 27.6 Å². The quantitative estimate of drug-likeness (QED) is 0.606. The smallest absolute Gasteiger partial charge is 0.262 e. The number of hydrogen-bond donors (Lipinski definition) is 1. The Bertz CT molecular complexity index is 1080. The van der Waals surface area contributed by atoms with E-state index in [2.05, 4.69) is 15.1 Å². The van der Waals surface area contributed by atoms with Crippen LogP contribution in [0, 0.1) is 6.92 Å². The fraction of sp³-hybridized carbons (Fsp3) is 0.0556. The summed E-state index contributed by atoms with van der Waals surface area (Å²) >= 11 is 5.93. The number of nitrogens with zero attached hydrogens (tertiary/aromatic N) is 3. The van der Waals surface area contributed by atoms with Gasteiger partial charge in [-0.25, -0.2) is 9.67 Å². The van der Waals surface area contributed by atoms with E-state index in [1.165, 1.54) is 0 Å². The molecule has 4 rings (SSSR count). The molecule has 1 N–H and O–H groups in total. The summed E-state index contributed by atoms with van der Waals surface area (Å²) in [7, 11) is 0. The van der Waals surface area contributed by atoms with Crippen LogP contribution >= 0.6 is 11.6 Å². The molecule has 0 saturated heterocycles. The van der Waals surface area contributed by atoms with Crippen molar-refractivity contribution in [3.05, 3.63) is 75.7 Å². The molecule has 2 heterocycles. The Hall–Kier alpha value is -2.92. The first-order valence-electron chi connectivity index (χ1n) is 7.44. The average Bonchev–Trinajstić information content (AvgIpc) is 2.93. The molecule has 0 amide bonds. The van der Waals surface area contributed by atoms with Gasteiger partial charge in [0.2, 0.25) is 0 Å². The summed E-state index contributed by atoms with van der Waals surface area (Å²) in [5.74, 6) is 0.487. The molecule has 0 spiro atoms. The van der Waals surface area contributed by atoms with E-state index in [1.807, 2.05) is 42.5 Å². The van der Waals surface area contributed by atoms with Gasteiger partial charge >= 0.3 is 0 Å². The third-order valence-corrected chi connectivity index (χ3v) is 4.08. The molecule has 0 atom stereocenters. The SMILES string of the molecule is Cc1nn(-c2ccccc2)c2nc(-c3ccc(Cl)cc3)[nH]c(=O)c12. The zero-order valence-electron chi connectivity index (χ0n) is 12.8. The van der Waals surface area contributed by atoms with Crippen LogP contribution in [0.2, 0.25) is 5.02 Å². The summed E-state index contributed by atoms with van der Waals surface area (Å²) < 4.78 is 1.69. The van der Waals surface area contributed by atoms with Crippen molar-refractivity contribution in [3.63, 3.8) is 0 Å². The molecule has 0 radical (unpaired) electrons. The first kappa shape index (κ1) is 14.7. The second-order valence-corrected chi connectivity index (χ2v) is 5.89. The summed E-state index contributed by atoms with van der Waals surface area (Å²) in [5, 5.41) is 5.61. The van der Waals surface area contributed by atoms with Crippen LogP contribution in [0.5, 0.6) is 0 Å². The highest BCUT2D eigenvalue weighted by molar-refractivity contribution is 6.30. The Morgan fingerprint density at radius 1 is 1.04 bits per heavy atom. The van der Waals surface area contributed by atoms with Crippen molar-refractivity contribution >= 4 is 22.6 Å². The number of rotatable bonds is 2. The zero-order valence-corrected chi connectivity index (χ0v) is 13.6. The second-order valence-electron chi connectivity index (χ2n) is 5.45. The lowest BCUT2D eigenvalue weighted by Crippen LogP contribution is -2.10. The van der Waals surface area contributed by atoms with Crippen molar-refractivity contribution in [1.82, 2.24) is 19.7 Å². The van der Waals surface area contributed by atoms with Gasteiger partial charge in [-0.2, -0.15) is 5.10 Å². The number of aryl methyl sites for hydroxylation is 1. The number of benzene rings is 2. The molecule has 2 aromatic heterocycles. The molecule has 2 aromatic carbocycles. The topological polar surface area (TPSA) is 63.6 Å². The van der Waals surface area contributed by atoms with Gasteiger partial charge in [-0.05, 0) is 43.3 Å². The highest BCUT2D eigenvalue weighted by atomic mass is 35.5. The van der Waals surface area contributed by atoms with Gasteiger partial charge in [-0.15, -0.1) is 0 Å². The minimum Gasteiger partial charge on any atom is -0.306 e. The number of hydrogen-bond acceptors (Lipinski definition) is 3. The van der Waals surface area contributed by atoms with Crippen molar-refractivity contribution in [3.8, 4) is 17.1 Å². The second kappa shape index (κ2) is 5.62. The molecule has 0 aliphatic carbocycles. The Morgan fingerprint density at radius 3 is 2.46 bits per heavy atom. The number of H-pyrrole nitrogens is 1. The minimum absolute atomic E-state index is 0.204. The van der Waals surface area contributed by atoms with E-state index in [4.69, 9.17) is 11.6 Å². The highest BCUT2D eigenvalue weighted by Gasteiger charge is 2.15. The van der Waals surface area contributed by atoms with Gasteiger partial charge in [0, 0.05) is 10.6 Å². The number of para-hydroxylation sites is 1. The summed E-state index contributed by atoms with van der Waals surface area (Å²) in [5.41, 5.74) is 2.62. The van der Waals surface area contributed by atoms with Gasteiger partial charge in [-0.3, -0.25) is 4.79 Å². The van der Waals surface area contributed by atoms with Gasteiger partial charge in [0.1, 0.15) is 11.2 Å². The molecular weight excluding hydrogens is 324 g/mol. The summed E-state index contributed by atoms with van der Waals surface area (Å²) in [6.07, 6.45) is 0. The molecule has 118 valence electrons. The lowest BCUT2D eigenvalue weighted by molar-refractivity contribution is 0.877. The van der Waals surface area contributed by atoms with Gasteiger partial charge in [0.05, 0.1) is 11.4 Å². The van der Waals surface area contributed by atoms with Crippen LogP contribution in [0.1, 0.15) is 5.69 Å². The maximum Gasteiger partial charge on any atom is 0.262 e. The molecule has 0 bridgehead atoms. The Morgan fingerprint density at radius 2 is 1.75 bits per heavy atom. The molecule has 0 fully saturated rings. The summed E-state index contributed by atoms with van der Waals surface area (Å²) in [6.45, 7) is 1.81. The maximum atomic E-state index is 12.5. The molecule has 6 heteroatoms. The number of fused-ring (bicyclic) bond motifs is 1. The van der Waals surface area contributed by atoms with Crippen LogP contribution in [0.3, 0.4) is 0 Å². The van der Waals surface area contributed by atoms with Crippen molar-refractivity contribution in [2.45, 2.75) is 6.92 Å². The average molecular weight is 337 g/mol. The van der Waals surface area contributed by atoms with Crippen LogP contribution in [-0.2, 0) is 0 Å². The lowest BCUT2D eigenvalue weighted by Gasteiger charge is -2.04. The molecular formula is C18H13ClN4O. The Balaban J connectivity index is 2.00. The van der Waals surface area contributed by atoms with E-state index in [-0.39, 0.29) is 5.56 Å². The molecule has 5 nitrogen and oxygen atoms in total. The number of nitrogens with one attached hydrogen (secondary N) is 1. The lowest BCUT2D eigenvalue weighted by atomic mass is 10.2. The number of halogens is 1. The molecule has 4 aromatic rings. The Labute approximate surface area is 142 Å². The van der Waals surface area contributed by atoms with Crippen LogP contribution < -0.4 is 5.56 Å². The van der Waals surface area contributed by atoms with Crippen LogP contribution in [-0.4, -0.2) is 19.7 Å². The van der Waals surface area contributed by atoms with Gasteiger partial charge in [-0.1, -0.05) is 29.8 Å². The van der Waals surface area contributed by atoms with E-state index in [9.17, 15) is 4.79 Å². The van der Waals surface area contributed by atoms with Gasteiger partial charge < -0.3 is 4.98 Å². The fourth-order valence-electron chi connectivity index (χ4n) is 2.68. The van der Waals surface area contributed by atoms with Crippen molar-refractivity contribution in [2.24, 2.45) is 0 Å². The number of aromatic amines is 1. The molecule has 0 unspecified atom stereocenters. The van der Waals surface area contributed by atoms with E-state index in [1.54, 1.807) is 23.7 Å². The van der Waals surface area contributed by atoms with Gasteiger partial charge in [0.25, 0.3) is 5.56 Å². The van der Waals surface area contributed by atoms with Crippen molar-refractivity contribution in [1.29, 1.82) is 0 Å². The predicted octanol–water partition coefficient (Wildman–Crippen LogP) is 3.74. The van der Waals surface area contributed by atoms with Crippen LogP contribution in [0.4, 0.5) is 0 Å². The third-order valence-electron chi connectivity index (χ3n) is 3.83. The summed E-state index contributed by atoms with van der Waals surface area (Å²) in [6, 6.07) is 16.8. The minimum atomic E-state index is -0.204. The molecule has 0 aliphatic rings. The number of aromatic nitrogens is 4. The predicted molar refractivity (Wildman–Crippen MR) is 94.7 cm³/mol. The summed E-state index contributed by atoms with van der Waals surface area (Å²) in [4.78, 5) is 20.0. The highest BCUT2D eigenvalue weighted by Crippen LogP contribution is 2.21. The third kappa shape index (κ3) is 2.39. The van der Waals surface area contributed by atoms with E-state index in [0.717, 1.165) is 11.3 Å². The fourth-order valence-corrected chi connectivity index (χ4v) is 2.81. The molecule has 0 saturated carbocycles. The van der Waals surface area contributed by atoms with E-state index >= 15 is 0 Å². The standard InChI is InChI=1S/C18H13ClN4O/c1-11-15-17(23(22-11)14-5-3-2-4-6-14)20-16(21-18(15)24)12-7-9-13(19)10-8-12/h2-10H,1H3,(H,20,21,24). The first-order chi connectivity index (χ1) is 11.6.